The number of piperazine rings is 1. The van der Waals surface area contributed by atoms with Crippen LogP contribution in [-0.2, 0) is 16.1 Å². The first kappa shape index (κ1) is 20.5. The van der Waals surface area contributed by atoms with Gasteiger partial charge in [-0.15, -0.1) is 0 Å². The molecule has 28 heavy (non-hydrogen) atoms. The van der Waals surface area contributed by atoms with Gasteiger partial charge in [0.05, 0.1) is 5.56 Å². The van der Waals surface area contributed by atoms with Gasteiger partial charge in [0.1, 0.15) is 5.82 Å². The molecule has 0 aliphatic carbocycles. The molecule has 7 heteroatoms. The molecule has 1 aliphatic heterocycles. The molecule has 1 aliphatic rings. The average molecular weight is 449 g/mol. The molecule has 0 aromatic heterocycles. The summed E-state index contributed by atoms with van der Waals surface area (Å²) < 4.78 is 19.1. The van der Waals surface area contributed by atoms with Gasteiger partial charge in [-0.05, 0) is 46.6 Å². The molecule has 0 saturated carbocycles. The molecule has 1 amide bonds. The Bertz CT molecular complexity index is 839. The molecule has 1 unspecified atom stereocenters. The third-order valence-electron chi connectivity index (χ3n) is 4.71. The number of nitrogens with zero attached hydrogens (tertiary/aromatic N) is 2. The van der Waals surface area contributed by atoms with Gasteiger partial charge < -0.3 is 9.64 Å². The summed E-state index contributed by atoms with van der Waals surface area (Å²) in [5.74, 6) is -1.50. The second kappa shape index (κ2) is 9.30. The molecule has 2 aromatic carbocycles. The zero-order chi connectivity index (χ0) is 20.1. The van der Waals surface area contributed by atoms with Gasteiger partial charge in [-0.2, -0.15) is 0 Å². The topological polar surface area (TPSA) is 49.9 Å². The van der Waals surface area contributed by atoms with Crippen LogP contribution >= 0.6 is 15.9 Å². The van der Waals surface area contributed by atoms with E-state index in [1.807, 2.05) is 18.2 Å². The average Bonchev–Trinajstić information content (AvgIpc) is 2.70. The fourth-order valence-corrected chi connectivity index (χ4v) is 3.56. The lowest BCUT2D eigenvalue weighted by Gasteiger charge is -2.35. The number of carbonyl (C=O) groups is 2. The molecule has 0 bridgehead atoms. The molecule has 1 saturated heterocycles. The summed E-state index contributed by atoms with van der Waals surface area (Å²) in [5, 5.41) is 0. The van der Waals surface area contributed by atoms with Crippen LogP contribution in [-0.4, -0.2) is 54.0 Å². The Balaban J connectivity index is 1.51. The van der Waals surface area contributed by atoms with Crippen LogP contribution < -0.4 is 0 Å². The first-order chi connectivity index (χ1) is 13.4. The van der Waals surface area contributed by atoms with E-state index in [9.17, 15) is 14.0 Å². The van der Waals surface area contributed by atoms with Gasteiger partial charge >= 0.3 is 5.97 Å². The molecule has 1 heterocycles. The molecule has 1 fully saturated rings. The number of ether oxygens (including phenoxy) is 1. The summed E-state index contributed by atoms with van der Waals surface area (Å²) in [5.41, 5.74) is 1.30. The van der Waals surface area contributed by atoms with E-state index in [1.165, 1.54) is 17.7 Å². The molecule has 148 valence electrons. The smallest absolute Gasteiger partial charge is 0.340 e. The Morgan fingerprint density at radius 3 is 2.46 bits per heavy atom. The summed E-state index contributed by atoms with van der Waals surface area (Å²) in [7, 11) is 0. The summed E-state index contributed by atoms with van der Waals surface area (Å²) in [6.45, 7) is 5.08. The van der Waals surface area contributed by atoms with E-state index in [4.69, 9.17) is 4.74 Å². The fraction of sp³-hybridized carbons (Fsp3) is 0.333. The Kier molecular flexibility index (Phi) is 6.80. The van der Waals surface area contributed by atoms with Crippen molar-refractivity contribution in [1.29, 1.82) is 0 Å². The van der Waals surface area contributed by atoms with Crippen LogP contribution in [0.15, 0.2) is 53.0 Å². The first-order valence-electron chi connectivity index (χ1n) is 9.15. The van der Waals surface area contributed by atoms with E-state index in [0.717, 1.165) is 25.7 Å². The van der Waals surface area contributed by atoms with E-state index in [-0.39, 0.29) is 11.5 Å². The van der Waals surface area contributed by atoms with Crippen molar-refractivity contribution in [2.45, 2.75) is 19.6 Å². The predicted molar refractivity (Wildman–Crippen MR) is 107 cm³/mol. The maximum atomic E-state index is 13.4. The zero-order valence-electron chi connectivity index (χ0n) is 15.6. The van der Waals surface area contributed by atoms with Gasteiger partial charge in [0, 0.05) is 37.2 Å². The number of amides is 1. The second-order valence-electron chi connectivity index (χ2n) is 6.76. The van der Waals surface area contributed by atoms with Crippen molar-refractivity contribution in [2.24, 2.45) is 0 Å². The first-order valence-corrected chi connectivity index (χ1v) is 9.94. The van der Waals surface area contributed by atoms with Crippen molar-refractivity contribution in [1.82, 2.24) is 9.80 Å². The Labute approximate surface area is 172 Å². The van der Waals surface area contributed by atoms with E-state index >= 15 is 0 Å². The van der Waals surface area contributed by atoms with Gasteiger partial charge in [-0.1, -0.05) is 30.3 Å². The predicted octanol–water partition coefficient (Wildman–Crippen LogP) is 3.48. The summed E-state index contributed by atoms with van der Waals surface area (Å²) in [4.78, 5) is 28.9. The summed E-state index contributed by atoms with van der Waals surface area (Å²) in [6, 6.07) is 14.0. The number of hydrogen-bond donors (Lipinski definition) is 0. The van der Waals surface area contributed by atoms with E-state index in [1.54, 1.807) is 11.8 Å². The highest BCUT2D eigenvalue weighted by Crippen LogP contribution is 2.20. The minimum absolute atomic E-state index is 0.0623. The molecule has 3 rings (SSSR count). The number of benzene rings is 2. The van der Waals surface area contributed by atoms with Crippen molar-refractivity contribution in [2.75, 3.05) is 26.2 Å². The molecular weight excluding hydrogens is 427 g/mol. The highest BCUT2D eigenvalue weighted by Gasteiger charge is 2.28. The zero-order valence-corrected chi connectivity index (χ0v) is 17.2. The van der Waals surface area contributed by atoms with Crippen LogP contribution in [0.25, 0.3) is 0 Å². The molecule has 2 aromatic rings. The molecule has 0 spiro atoms. The van der Waals surface area contributed by atoms with Crippen LogP contribution in [0.3, 0.4) is 0 Å². The summed E-state index contributed by atoms with van der Waals surface area (Å²) in [6.07, 6.45) is -0.927. The van der Waals surface area contributed by atoms with Crippen LogP contribution in [0.2, 0.25) is 0 Å². The SMILES string of the molecule is CC(OC(=O)c1cc(F)ccc1Br)C(=O)N1CCN(Cc2ccccc2)CC1. The second-order valence-corrected chi connectivity index (χ2v) is 7.61. The summed E-state index contributed by atoms with van der Waals surface area (Å²) >= 11 is 3.20. The molecule has 1 atom stereocenters. The van der Waals surface area contributed by atoms with Gasteiger partial charge in [-0.25, -0.2) is 9.18 Å². The van der Waals surface area contributed by atoms with Crippen molar-refractivity contribution < 1.29 is 18.7 Å². The lowest BCUT2D eigenvalue weighted by atomic mass is 10.2. The van der Waals surface area contributed by atoms with E-state index in [2.05, 4.69) is 33.0 Å². The molecule has 0 N–H and O–H groups in total. The van der Waals surface area contributed by atoms with Crippen molar-refractivity contribution in [3.05, 3.63) is 69.9 Å². The van der Waals surface area contributed by atoms with Crippen LogP contribution in [0.4, 0.5) is 4.39 Å². The highest BCUT2D eigenvalue weighted by molar-refractivity contribution is 9.10. The number of carbonyl (C=O) groups excluding carboxylic acids is 2. The Morgan fingerprint density at radius 2 is 1.79 bits per heavy atom. The van der Waals surface area contributed by atoms with Crippen molar-refractivity contribution >= 4 is 27.8 Å². The van der Waals surface area contributed by atoms with Crippen LogP contribution in [0, 0.1) is 5.82 Å². The molecular formula is C21H22BrFN2O3. The third-order valence-corrected chi connectivity index (χ3v) is 5.40. The minimum atomic E-state index is -0.927. The number of halogens is 2. The van der Waals surface area contributed by atoms with Gasteiger partial charge in [0.15, 0.2) is 6.10 Å². The van der Waals surface area contributed by atoms with Crippen LogP contribution in [0.1, 0.15) is 22.8 Å². The fourth-order valence-electron chi connectivity index (χ4n) is 3.15. The maximum Gasteiger partial charge on any atom is 0.340 e. The largest absolute Gasteiger partial charge is 0.449 e. The Morgan fingerprint density at radius 1 is 1.11 bits per heavy atom. The monoisotopic (exact) mass is 448 g/mol. The lowest BCUT2D eigenvalue weighted by Crippen LogP contribution is -2.51. The highest BCUT2D eigenvalue weighted by atomic mass is 79.9. The van der Waals surface area contributed by atoms with Crippen LogP contribution in [0.5, 0.6) is 0 Å². The molecule has 0 radical (unpaired) electrons. The lowest BCUT2D eigenvalue weighted by molar-refractivity contribution is -0.141. The van der Waals surface area contributed by atoms with Gasteiger partial charge in [-0.3, -0.25) is 9.69 Å². The minimum Gasteiger partial charge on any atom is -0.449 e. The maximum absolute atomic E-state index is 13.4. The van der Waals surface area contributed by atoms with Crippen molar-refractivity contribution in [3.63, 3.8) is 0 Å². The quantitative estimate of drug-likeness (QED) is 0.657. The number of hydrogen-bond acceptors (Lipinski definition) is 4. The van der Waals surface area contributed by atoms with E-state index < -0.39 is 17.9 Å². The van der Waals surface area contributed by atoms with E-state index in [0.29, 0.717) is 17.6 Å². The normalized spacial score (nSPS) is 15.9. The molecule has 5 nitrogen and oxygen atoms in total. The Hall–Kier alpha value is -2.25. The third kappa shape index (κ3) is 5.17. The number of esters is 1. The van der Waals surface area contributed by atoms with Crippen molar-refractivity contribution in [3.8, 4) is 0 Å². The van der Waals surface area contributed by atoms with Gasteiger partial charge in [0.2, 0.25) is 0 Å². The van der Waals surface area contributed by atoms with Gasteiger partial charge in [0.25, 0.3) is 5.91 Å². The standard InChI is InChI=1S/C21H22BrFN2O3/c1-15(28-21(27)18-13-17(23)7-8-19(18)22)20(26)25-11-9-24(10-12-25)14-16-5-3-2-4-6-16/h2-8,13,15H,9-12,14H2,1H3. The number of rotatable bonds is 5.